The van der Waals surface area contributed by atoms with Crippen LogP contribution in [0.25, 0.3) is 5.69 Å². The van der Waals surface area contributed by atoms with E-state index in [9.17, 15) is 4.79 Å². The van der Waals surface area contributed by atoms with Crippen LogP contribution in [0.4, 0.5) is 0 Å². The number of hydrogen-bond donors (Lipinski definition) is 1. The smallest absolute Gasteiger partial charge is 0.258 e. The second-order valence-electron chi connectivity index (χ2n) is 9.34. The Hall–Kier alpha value is -4.07. The molecule has 1 atom stereocenters. The van der Waals surface area contributed by atoms with E-state index in [-0.39, 0.29) is 12.5 Å². The van der Waals surface area contributed by atoms with Gasteiger partial charge in [-0.05, 0) is 60.9 Å². The summed E-state index contributed by atoms with van der Waals surface area (Å²) in [6.45, 7) is 1.92. The summed E-state index contributed by atoms with van der Waals surface area (Å²) in [5.74, 6) is 1.72. The standard InChI is InChI=1S/C32H29ClN4O2S/c1-23-12-16-27(17-13-23)37-31(35-36-32(37)40-22-25-10-6-3-7-11-25)29(20-24-8-4-2-5-9-24)34-30(38)21-39-28-18-14-26(33)15-19-28/h2-19,29H,20-22H2,1H3,(H,34,38). The van der Waals surface area contributed by atoms with Gasteiger partial charge in [0.2, 0.25) is 0 Å². The third-order valence-electron chi connectivity index (χ3n) is 6.27. The number of halogens is 1. The first-order chi connectivity index (χ1) is 19.5. The summed E-state index contributed by atoms with van der Waals surface area (Å²) >= 11 is 7.58. The molecule has 0 radical (unpaired) electrons. The number of ether oxygens (including phenoxy) is 1. The molecule has 40 heavy (non-hydrogen) atoms. The molecular formula is C32H29ClN4O2S. The van der Waals surface area contributed by atoms with Crippen molar-refractivity contribution in [1.82, 2.24) is 20.1 Å². The van der Waals surface area contributed by atoms with Crippen LogP contribution >= 0.6 is 23.4 Å². The highest BCUT2D eigenvalue weighted by atomic mass is 35.5. The van der Waals surface area contributed by atoms with Crippen LogP contribution in [0.2, 0.25) is 5.02 Å². The first-order valence-corrected chi connectivity index (χ1v) is 14.3. The van der Waals surface area contributed by atoms with Crippen LogP contribution < -0.4 is 10.1 Å². The quantitative estimate of drug-likeness (QED) is 0.174. The number of hydrogen-bond acceptors (Lipinski definition) is 5. The zero-order valence-corrected chi connectivity index (χ0v) is 23.6. The van der Waals surface area contributed by atoms with Gasteiger partial charge in [-0.2, -0.15) is 0 Å². The lowest BCUT2D eigenvalue weighted by molar-refractivity contribution is -0.123. The van der Waals surface area contributed by atoms with E-state index < -0.39 is 6.04 Å². The number of carbonyl (C=O) groups is 1. The normalized spacial score (nSPS) is 11.7. The van der Waals surface area contributed by atoms with Crippen LogP contribution in [0.15, 0.2) is 114 Å². The number of carbonyl (C=O) groups excluding carboxylic acids is 1. The molecule has 0 aliphatic carbocycles. The van der Waals surface area contributed by atoms with Crippen molar-refractivity contribution in [1.29, 1.82) is 0 Å². The van der Waals surface area contributed by atoms with E-state index >= 15 is 0 Å². The molecule has 0 saturated carbocycles. The van der Waals surface area contributed by atoms with Gasteiger partial charge in [-0.3, -0.25) is 9.36 Å². The molecule has 0 saturated heterocycles. The Morgan fingerprint density at radius 2 is 1.52 bits per heavy atom. The average Bonchev–Trinajstić information content (AvgIpc) is 3.41. The SMILES string of the molecule is Cc1ccc(-n2c(SCc3ccccc3)nnc2C(Cc2ccccc2)NC(=O)COc2ccc(Cl)cc2)cc1. The van der Waals surface area contributed by atoms with Gasteiger partial charge in [0.1, 0.15) is 5.75 Å². The lowest BCUT2D eigenvalue weighted by Gasteiger charge is -2.20. The first kappa shape index (κ1) is 27.5. The van der Waals surface area contributed by atoms with Crippen LogP contribution in [-0.4, -0.2) is 27.3 Å². The van der Waals surface area contributed by atoms with E-state index in [4.69, 9.17) is 16.3 Å². The highest BCUT2D eigenvalue weighted by Gasteiger charge is 2.25. The van der Waals surface area contributed by atoms with Gasteiger partial charge >= 0.3 is 0 Å². The predicted molar refractivity (Wildman–Crippen MR) is 160 cm³/mol. The highest BCUT2D eigenvalue weighted by Crippen LogP contribution is 2.29. The van der Waals surface area contributed by atoms with E-state index in [1.54, 1.807) is 36.0 Å². The molecule has 0 spiro atoms. The summed E-state index contributed by atoms with van der Waals surface area (Å²) in [6.07, 6.45) is 0.543. The molecule has 5 aromatic rings. The minimum absolute atomic E-state index is 0.138. The van der Waals surface area contributed by atoms with E-state index in [1.165, 1.54) is 5.56 Å². The number of nitrogens with one attached hydrogen (secondary N) is 1. The topological polar surface area (TPSA) is 69.0 Å². The summed E-state index contributed by atoms with van der Waals surface area (Å²) in [4.78, 5) is 13.1. The largest absolute Gasteiger partial charge is 0.484 e. The molecule has 0 aliphatic rings. The maximum Gasteiger partial charge on any atom is 0.258 e. The van der Waals surface area contributed by atoms with Crippen LogP contribution in [0.1, 0.15) is 28.6 Å². The fourth-order valence-corrected chi connectivity index (χ4v) is 5.27. The molecule has 5 rings (SSSR count). The van der Waals surface area contributed by atoms with Crippen molar-refractivity contribution in [2.45, 2.75) is 30.3 Å². The maximum atomic E-state index is 13.1. The molecule has 0 bridgehead atoms. The van der Waals surface area contributed by atoms with Crippen molar-refractivity contribution in [3.8, 4) is 11.4 Å². The van der Waals surface area contributed by atoms with Crippen LogP contribution in [-0.2, 0) is 17.0 Å². The lowest BCUT2D eigenvalue weighted by Crippen LogP contribution is -2.35. The lowest BCUT2D eigenvalue weighted by atomic mass is 10.0. The molecule has 1 unspecified atom stereocenters. The third-order valence-corrected chi connectivity index (χ3v) is 7.53. The van der Waals surface area contributed by atoms with Crippen molar-refractivity contribution < 1.29 is 9.53 Å². The summed E-state index contributed by atoms with van der Waals surface area (Å²) in [5.41, 5.74) is 4.36. The summed E-state index contributed by atoms with van der Waals surface area (Å²) in [6, 6.07) is 35.0. The minimum Gasteiger partial charge on any atom is -0.484 e. The molecule has 1 heterocycles. The Kier molecular flexibility index (Phi) is 9.16. The Bertz CT molecular complexity index is 1530. The van der Waals surface area contributed by atoms with Gasteiger partial charge in [-0.15, -0.1) is 10.2 Å². The predicted octanol–water partition coefficient (Wildman–Crippen LogP) is 7.00. The molecule has 0 aliphatic heterocycles. The third kappa shape index (κ3) is 7.31. The highest BCUT2D eigenvalue weighted by molar-refractivity contribution is 7.98. The average molecular weight is 569 g/mol. The molecule has 1 aromatic heterocycles. The van der Waals surface area contributed by atoms with Gasteiger partial charge in [-0.1, -0.05) is 102 Å². The van der Waals surface area contributed by atoms with Gasteiger partial charge in [0.15, 0.2) is 17.6 Å². The van der Waals surface area contributed by atoms with E-state index in [2.05, 4.69) is 58.8 Å². The van der Waals surface area contributed by atoms with Crippen molar-refractivity contribution >= 4 is 29.3 Å². The van der Waals surface area contributed by atoms with E-state index in [0.717, 1.165) is 27.7 Å². The molecule has 202 valence electrons. The van der Waals surface area contributed by atoms with E-state index in [0.29, 0.717) is 23.0 Å². The monoisotopic (exact) mass is 568 g/mol. The minimum atomic E-state index is -0.441. The number of benzene rings is 4. The van der Waals surface area contributed by atoms with Gasteiger partial charge in [0.25, 0.3) is 5.91 Å². The molecule has 1 N–H and O–H groups in total. The number of thioether (sulfide) groups is 1. The maximum absolute atomic E-state index is 13.1. The summed E-state index contributed by atoms with van der Waals surface area (Å²) < 4.78 is 7.76. The van der Waals surface area contributed by atoms with E-state index in [1.807, 2.05) is 53.1 Å². The molecule has 0 fully saturated rings. The van der Waals surface area contributed by atoms with Gasteiger partial charge in [-0.25, -0.2) is 0 Å². The van der Waals surface area contributed by atoms with Crippen molar-refractivity contribution in [3.63, 3.8) is 0 Å². The number of amides is 1. The number of aryl methyl sites for hydroxylation is 1. The fraction of sp³-hybridized carbons (Fsp3) is 0.156. The second-order valence-corrected chi connectivity index (χ2v) is 10.7. The Balaban J connectivity index is 1.44. The second kappa shape index (κ2) is 13.3. The van der Waals surface area contributed by atoms with Crippen LogP contribution in [0.3, 0.4) is 0 Å². The Morgan fingerprint density at radius 1 is 0.875 bits per heavy atom. The molecular weight excluding hydrogens is 540 g/mol. The Morgan fingerprint density at radius 3 is 2.20 bits per heavy atom. The number of nitrogens with zero attached hydrogens (tertiary/aromatic N) is 3. The molecule has 1 amide bonds. The summed E-state index contributed by atoms with van der Waals surface area (Å²) in [5, 5.41) is 13.7. The molecule has 8 heteroatoms. The number of aromatic nitrogens is 3. The van der Waals surface area contributed by atoms with Crippen molar-refractivity contribution in [3.05, 3.63) is 137 Å². The van der Waals surface area contributed by atoms with Crippen LogP contribution in [0.5, 0.6) is 5.75 Å². The number of rotatable bonds is 11. The van der Waals surface area contributed by atoms with Gasteiger partial charge < -0.3 is 10.1 Å². The zero-order chi connectivity index (χ0) is 27.7. The Labute approximate surface area is 243 Å². The fourth-order valence-electron chi connectivity index (χ4n) is 4.23. The van der Waals surface area contributed by atoms with Crippen LogP contribution in [0, 0.1) is 6.92 Å². The molecule has 4 aromatic carbocycles. The zero-order valence-electron chi connectivity index (χ0n) is 22.0. The van der Waals surface area contributed by atoms with Crippen molar-refractivity contribution in [2.75, 3.05) is 6.61 Å². The first-order valence-electron chi connectivity index (χ1n) is 13.0. The molecule has 6 nitrogen and oxygen atoms in total. The van der Waals surface area contributed by atoms with Gasteiger partial charge in [0, 0.05) is 16.5 Å². The van der Waals surface area contributed by atoms with Crippen molar-refractivity contribution in [2.24, 2.45) is 0 Å². The van der Waals surface area contributed by atoms with Gasteiger partial charge in [0.05, 0.1) is 6.04 Å². The summed E-state index contributed by atoms with van der Waals surface area (Å²) in [7, 11) is 0.